The summed E-state index contributed by atoms with van der Waals surface area (Å²) in [6.07, 6.45) is 1.13. The van der Waals surface area contributed by atoms with Gasteiger partial charge in [0.25, 0.3) is 0 Å². The summed E-state index contributed by atoms with van der Waals surface area (Å²) < 4.78 is 5.89. The fourth-order valence-electron chi connectivity index (χ4n) is 2.03. The maximum absolute atomic E-state index is 5.96. The van der Waals surface area contributed by atoms with Gasteiger partial charge in [-0.05, 0) is 48.2 Å². The maximum atomic E-state index is 5.96. The lowest BCUT2D eigenvalue weighted by Crippen LogP contribution is -1.99. The summed E-state index contributed by atoms with van der Waals surface area (Å²) in [5.41, 5.74) is 7.95. The van der Waals surface area contributed by atoms with Gasteiger partial charge in [-0.15, -0.1) is 0 Å². The van der Waals surface area contributed by atoms with E-state index in [1.54, 1.807) is 0 Å². The van der Waals surface area contributed by atoms with Crippen LogP contribution in [-0.4, -0.2) is 0 Å². The van der Waals surface area contributed by atoms with E-state index in [9.17, 15) is 0 Å². The Kier molecular flexibility index (Phi) is 5.05. The SMILES string of the molecule is CCC(C)c1ccc(Oc2ccc(Cl)cc2CN)cc1. The van der Waals surface area contributed by atoms with E-state index >= 15 is 0 Å². The van der Waals surface area contributed by atoms with E-state index in [2.05, 4.69) is 26.0 Å². The predicted octanol–water partition coefficient (Wildman–Crippen LogP) is 5.10. The van der Waals surface area contributed by atoms with Crippen LogP contribution < -0.4 is 10.5 Å². The molecule has 2 N–H and O–H groups in total. The smallest absolute Gasteiger partial charge is 0.132 e. The van der Waals surface area contributed by atoms with Crippen molar-refractivity contribution in [3.63, 3.8) is 0 Å². The topological polar surface area (TPSA) is 35.2 Å². The quantitative estimate of drug-likeness (QED) is 0.830. The number of nitrogens with two attached hydrogens (primary N) is 1. The van der Waals surface area contributed by atoms with Crippen LogP contribution in [0.4, 0.5) is 0 Å². The van der Waals surface area contributed by atoms with Crippen molar-refractivity contribution < 1.29 is 4.74 Å². The molecule has 0 aliphatic carbocycles. The molecule has 1 unspecified atom stereocenters. The Morgan fingerprint density at radius 3 is 2.45 bits per heavy atom. The molecule has 0 heterocycles. The normalized spacial score (nSPS) is 12.2. The molecule has 1 atom stereocenters. The van der Waals surface area contributed by atoms with Crippen LogP contribution in [0.2, 0.25) is 5.02 Å². The summed E-state index contributed by atoms with van der Waals surface area (Å²) >= 11 is 5.96. The Bertz CT molecular complexity index is 566. The minimum atomic E-state index is 0.404. The summed E-state index contributed by atoms with van der Waals surface area (Å²) in [6.45, 7) is 4.82. The molecule has 106 valence electrons. The van der Waals surface area contributed by atoms with E-state index in [1.807, 2.05) is 30.3 Å². The fraction of sp³-hybridized carbons (Fsp3) is 0.294. The highest BCUT2D eigenvalue weighted by atomic mass is 35.5. The number of hydrogen-bond donors (Lipinski definition) is 1. The molecule has 2 rings (SSSR count). The van der Waals surface area contributed by atoms with Crippen molar-refractivity contribution in [2.24, 2.45) is 5.73 Å². The first-order chi connectivity index (χ1) is 9.63. The first-order valence-corrected chi connectivity index (χ1v) is 7.28. The standard InChI is InChI=1S/C17H20ClNO/c1-3-12(2)13-4-7-16(8-5-13)20-17-9-6-15(18)10-14(17)11-19/h4-10,12H,3,11,19H2,1-2H3. The molecule has 2 aromatic rings. The monoisotopic (exact) mass is 289 g/mol. The van der Waals surface area contributed by atoms with Crippen molar-refractivity contribution in [2.45, 2.75) is 32.7 Å². The summed E-state index contributed by atoms with van der Waals surface area (Å²) in [5, 5.41) is 0.671. The third-order valence-electron chi connectivity index (χ3n) is 3.53. The third kappa shape index (κ3) is 3.53. The zero-order chi connectivity index (χ0) is 14.5. The highest BCUT2D eigenvalue weighted by Crippen LogP contribution is 2.29. The molecule has 0 fully saturated rings. The Balaban J connectivity index is 2.18. The molecule has 0 spiro atoms. The lowest BCUT2D eigenvalue weighted by atomic mass is 9.99. The average Bonchev–Trinajstić information content (AvgIpc) is 2.49. The first-order valence-electron chi connectivity index (χ1n) is 6.90. The summed E-state index contributed by atoms with van der Waals surface area (Å²) in [7, 11) is 0. The molecule has 0 amide bonds. The van der Waals surface area contributed by atoms with E-state index in [-0.39, 0.29) is 0 Å². The van der Waals surface area contributed by atoms with Crippen LogP contribution in [0.25, 0.3) is 0 Å². The van der Waals surface area contributed by atoms with Crippen LogP contribution >= 0.6 is 11.6 Å². The van der Waals surface area contributed by atoms with Gasteiger partial charge in [-0.2, -0.15) is 0 Å². The molecule has 3 heteroatoms. The second-order valence-corrected chi connectivity index (χ2v) is 5.37. The van der Waals surface area contributed by atoms with Crippen LogP contribution in [-0.2, 0) is 6.54 Å². The van der Waals surface area contributed by atoms with Gasteiger partial charge >= 0.3 is 0 Å². The Hall–Kier alpha value is -1.51. The van der Waals surface area contributed by atoms with E-state index < -0.39 is 0 Å². The number of benzene rings is 2. The molecule has 20 heavy (non-hydrogen) atoms. The van der Waals surface area contributed by atoms with Crippen LogP contribution in [0.5, 0.6) is 11.5 Å². The molecule has 2 nitrogen and oxygen atoms in total. The van der Waals surface area contributed by atoms with Gasteiger partial charge in [-0.3, -0.25) is 0 Å². The van der Waals surface area contributed by atoms with Gasteiger partial charge in [0.05, 0.1) is 0 Å². The number of halogens is 1. The van der Waals surface area contributed by atoms with Gasteiger partial charge in [-0.25, -0.2) is 0 Å². The Morgan fingerprint density at radius 1 is 1.15 bits per heavy atom. The average molecular weight is 290 g/mol. The molecular weight excluding hydrogens is 270 g/mol. The summed E-state index contributed by atoms with van der Waals surface area (Å²) in [6, 6.07) is 13.7. The van der Waals surface area contributed by atoms with Crippen molar-refractivity contribution in [1.82, 2.24) is 0 Å². The van der Waals surface area contributed by atoms with Crippen molar-refractivity contribution in [2.75, 3.05) is 0 Å². The summed E-state index contributed by atoms with van der Waals surface area (Å²) in [4.78, 5) is 0. The molecule has 0 saturated heterocycles. The van der Waals surface area contributed by atoms with Crippen LogP contribution in [0, 0.1) is 0 Å². The van der Waals surface area contributed by atoms with Crippen molar-refractivity contribution in [3.8, 4) is 11.5 Å². The van der Waals surface area contributed by atoms with Gasteiger partial charge < -0.3 is 10.5 Å². The van der Waals surface area contributed by atoms with Crippen molar-refractivity contribution in [3.05, 3.63) is 58.6 Å². The zero-order valence-corrected chi connectivity index (χ0v) is 12.7. The van der Waals surface area contributed by atoms with Crippen molar-refractivity contribution >= 4 is 11.6 Å². The number of hydrogen-bond acceptors (Lipinski definition) is 2. The molecule has 2 aromatic carbocycles. The lowest BCUT2D eigenvalue weighted by Gasteiger charge is -2.12. The molecule has 0 aromatic heterocycles. The molecule has 0 saturated carbocycles. The van der Waals surface area contributed by atoms with E-state index in [0.717, 1.165) is 23.5 Å². The largest absolute Gasteiger partial charge is 0.457 e. The van der Waals surface area contributed by atoms with Gasteiger partial charge in [-0.1, -0.05) is 37.6 Å². The first kappa shape index (κ1) is 14.9. The van der Waals surface area contributed by atoms with Gasteiger partial charge in [0.2, 0.25) is 0 Å². The van der Waals surface area contributed by atoms with Crippen LogP contribution in [0.3, 0.4) is 0 Å². The molecule has 0 radical (unpaired) electrons. The number of ether oxygens (including phenoxy) is 1. The molecule has 0 aliphatic heterocycles. The second kappa shape index (κ2) is 6.78. The highest BCUT2D eigenvalue weighted by Gasteiger charge is 2.06. The lowest BCUT2D eigenvalue weighted by molar-refractivity contribution is 0.476. The second-order valence-electron chi connectivity index (χ2n) is 4.94. The minimum absolute atomic E-state index is 0.404. The summed E-state index contributed by atoms with van der Waals surface area (Å²) in [5.74, 6) is 2.14. The molecule has 0 bridgehead atoms. The predicted molar refractivity (Wildman–Crippen MR) is 84.6 cm³/mol. The maximum Gasteiger partial charge on any atom is 0.132 e. The zero-order valence-electron chi connectivity index (χ0n) is 11.9. The van der Waals surface area contributed by atoms with Gasteiger partial charge in [0.1, 0.15) is 11.5 Å². The Labute approximate surface area is 125 Å². The number of rotatable bonds is 5. The van der Waals surface area contributed by atoms with Crippen LogP contribution in [0.1, 0.15) is 37.3 Å². The fourth-order valence-corrected chi connectivity index (χ4v) is 2.23. The van der Waals surface area contributed by atoms with Crippen molar-refractivity contribution in [1.29, 1.82) is 0 Å². The third-order valence-corrected chi connectivity index (χ3v) is 3.77. The van der Waals surface area contributed by atoms with Gasteiger partial charge in [0.15, 0.2) is 0 Å². The van der Waals surface area contributed by atoms with E-state index in [0.29, 0.717) is 17.5 Å². The van der Waals surface area contributed by atoms with Gasteiger partial charge in [0, 0.05) is 17.1 Å². The Morgan fingerprint density at radius 2 is 1.85 bits per heavy atom. The van der Waals surface area contributed by atoms with E-state index in [4.69, 9.17) is 22.1 Å². The van der Waals surface area contributed by atoms with E-state index in [1.165, 1.54) is 5.56 Å². The minimum Gasteiger partial charge on any atom is -0.457 e. The van der Waals surface area contributed by atoms with Crippen LogP contribution in [0.15, 0.2) is 42.5 Å². The molecular formula is C17H20ClNO. The molecule has 0 aliphatic rings. The highest BCUT2D eigenvalue weighted by molar-refractivity contribution is 6.30.